The van der Waals surface area contributed by atoms with Crippen LogP contribution in [0.1, 0.15) is 29.3 Å². The summed E-state index contributed by atoms with van der Waals surface area (Å²) >= 11 is 3.41. The van der Waals surface area contributed by atoms with Gasteiger partial charge in [0.2, 0.25) is 0 Å². The molecule has 74 valence electrons. The van der Waals surface area contributed by atoms with E-state index in [0.29, 0.717) is 17.9 Å². The maximum atomic E-state index is 11.7. The fourth-order valence-electron chi connectivity index (χ4n) is 1.96. The number of Topliss-reactive ketones (excluding diaryl/α,β-unsaturated/α-hetero) is 1. The van der Waals surface area contributed by atoms with Crippen molar-refractivity contribution in [1.82, 2.24) is 0 Å². The summed E-state index contributed by atoms with van der Waals surface area (Å²) in [7, 11) is 0. The molecule has 0 spiro atoms. The van der Waals surface area contributed by atoms with E-state index in [1.807, 2.05) is 0 Å². The van der Waals surface area contributed by atoms with E-state index in [0.717, 1.165) is 16.5 Å². The molecule has 0 aromatic heterocycles. The molecular weight excluding hydrogens is 244 g/mol. The van der Waals surface area contributed by atoms with Gasteiger partial charge in [0, 0.05) is 10.9 Å². The van der Waals surface area contributed by atoms with Crippen molar-refractivity contribution in [3.8, 4) is 5.75 Å². The second-order valence-electron chi connectivity index (χ2n) is 3.86. The van der Waals surface area contributed by atoms with Gasteiger partial charge >= 0.3 is 0 Å². The average Bonchev–Trinajstić information content (AvgIpc) is 2.10. The van der Waals surface area contributed by atoms with Crippen LogP contribution in [0.15, 0.2) is 16.6 Å². The first kappa shape index (κ1) is 9.71. The largest absolute Gasteiger partial charge is 0.507 e. The first-order valence-corrected chi connectivity index (χ1v) is 5.42. The molecule has 0 fully saturated rings. The average molecular weight is 255 g/mol. The molecule has 0 aliphatic heterocycles. The van der Waals surface area contributed by atoms with Gasteiger partial charge in [-0.25, -0.2) is 0 Å². The number of carbonyl (C=O) groups is 1. The van der Waals surface area contributed by atoms with E-state index >= 15 is 0 Å². The van der Waals surface area contributed by atoms with Gasteiger partial charge < -0.3 is 5.11 Å². The molecule has 1 aromatic rings. The SMILES string of the molecule is CC1CC(=O)c2c(O)ccc(Br)c2C1. The molecule has 14 heavy (non-hydrogen) atoms. The van der Waals surface area contributed by atoms with E-state index in [1.165, 1.54) is 0 Å². The van der Waals surface area contributed by atoms with Crippen LogP contribution >= 0.6 is 15.9 Å². The van der Waals surface area contributed by atoms with Crippen LogP contribution in [-0.2, 0) is 6.42 Å². The number of hydrogen-bond acceptors (Lipinski definition) is 2. The van der Waals surface area contributed by atoms with E-state index in [9.17, 15) is 9.90 Å². The van der Waals surface area contributed by atoms with Crippen LogP contribution in [0.2, 0.25) is 0 Å². The third-order valence-corrected chi connectivity index (χ3v) is 3.34. The van der Waals surface area contributed by atoms with E-state index in [2.05, 4.69) is 22.9 Å². The molecule has 1 aliphatic rings. The highest BCUT2D eigenvalue weighted by Crippen LogP contribution is 2.35. The normalized spacial score (nSPS) is 20.7. The number of phenols is 1. The summed E-state index contributed by atoms with van der Waals surface area (Å²) in [5, 5.41) is 9.60. The van der Waals surface area contributed by atoms with Crippen LogP contribution in [-0.4, -0.2) is 10.9 Å². The molecule has 2 nitrogen and oxygen atoms in total. The predicted molar refractivity (Wildman–Crippen MR) is 57.6 cm³/mol. The van der Waals surface area contributed by atoms with Gasteiger partial charge in [-0.1, -0.05) is 22.9 Å². The maximum Gasteiger partial charge on any atom is 0.167 e. The van der Waals surface area contributed by atoms with Gasteiger partial charge in [-0.15, -0.1) is 0 Å². The third-order valence-electron chi connectivity index (χ3n) is 2.60. The Labute approximate surface area is 91.1 Å². The number of phenolic OH excluding ortho intramolecular Hbond substituents is 1. The minimum absolute atomic E-state index is 0.0533. The molecule has 0 saturated carbocycles. The molecule has 0 radical (unpaired) electrons. The highest BCUT2D eigenvalue weighted by atomic mass is 79.9. The smallest absolute Gasteiger partial charge is 0.167 e. The molecular formula is C11H11BrO2. The van der Waals surface area contributed by atoms with Crippen LogP contribution in [0, 0.1) is 5.92 Å². The van der Waals surface area contributed by atoms with E-state index < -0.39 is 0 Å². The van der Waals surface area contributed by atoms with Crippen LogP contribution in [0.4, 0.5) is 0 Å². The first-order valence-electron chi connectivity index (χ1n) is 4.63. The molecule has 0 amide bonds. The van der Waals surface area contributed by atoms with Gasteiger partial charge in [0.15, 0.2) is 5.78 Å². The number of ketones is 1. The lowest BCUT2D eigenvalue weighted by Gasteiger charge is -2.22. The van der Waals surface area contributed by atoms with Crippen molar-refractivity contribution in [2.45, 2.75) is 19.8 Å². The van der Waals surface area contributed by atoms with E-state index in [-0.39, 0.29) is 11.5 Å². The Bertz CT molecular complexity index is 399. The Balaban J connectivity index is 2.63. The number of fused-ring (bicyclic) bond motifs is 1. The topological polar surface area (TPSA) is 37.3 Å². The molecule has 0 bridgehead atoms. The summed E-state index contributed by atoms with van der Waals surface area (Å²) in [4.78, 5) is 11.7. The Hall–Kier alpha value is -0.830. The van der Waals surface area contributed by atoms with E-state index in [1.54, 1.807) is 12.1 Å². The quantitative estimate of drug-likeness (QED) is 0.773. The van der Waals surface area contributed by atoms with Crippen molar-refractivity contribution < 1.29 is 9.90 Å². The lowest BCUT2D eigenvalue weighted by Crippen LogP contribution is -2.18. The molecule has 2 rings (SSSR count). The minimum atomic E-state index is 0.0533. The maximum absolute atomic E-state index is 11.7. The van der Waals surface area contributed by atoms with Gasteiger partial charge in [0.1, 0.15) is 5.75 Å². The molecule has 1 unspecified atom stereocenters. The lowest BCUT2D eigenvalue weighted by atomic mass is 9.84. The number of hydrogen-bond donors (Lipinski definition) is 1. The summed E-state index contributed by atoms with van der Waals surface area (Å²) in [5.41, 5.74) is 1.46. The zero-order chi connectivity index (χ0) is 10.3. The number of aromatic hydroxyl groups is 1. The monoisotopic (exact) mass is 254 g/mol. The second kappa shape index (κ2) is 3.39. The lowest BCUT2D eigenvalue weighted by molar-refractivity contribution is 0.0950. The van der Waals surface area contributed by atoms with Gasteiger partial charge in [-0.05, 0) is 30.0 Å². The zero-order valence-corrected chi connectivity index (χ0v) is 9.47. The van der Waals surface area contributed by atoms with Gasteiger partial charge in [0.25, 0.3) is 0 Å². The summed E-state index contributed by atoms with van der Waals surface area (Å²) in [5.74, 6) is 0.533. The molecule has 0 heterocycles. The van der Waals surface area contributed by atoms with Crippen LogP contribution < -0.4 is 0 Å². The standard InChI is InChI=1S/C11H11BrO2/c1-6-4-7-8(12)2-3-9(13)11(7)10(14)5-6/h2-3,6,13H,4-5H2,1H3. The van der Waals surface area contributed by atoms with Gasteiger partial charge in [-0.3, -0.25) is 4.79 Å². The molecule has 3 heteroatoms. The van der Waals surface area contributed by atoms with Crippen LogP contribution in [0.25, 0.3) is 0 Å². The van der Waals surface area contributed by atoms with Crippen LogP contribution in [0.5, 0.6) is 5.75 Å². The summed E-state index contributed by atoms with van der Waals surface area (Å²) in [6.07, 6.45) is 1.40. The summed E-state index contributed by atoms with van der Waals surface area (Å²) in [6.45, 7) is 2.05. The number of halogens is 1. The third kappa shape index (κ3) is 1.46. The highest BCUT2D eigenvalue weighted by molar-refractivity contribution is 9.10. The first-order chi connectivity index (χ1) is 6.59. The predicted octanol–water partition coefficient (Wildman–Crippen LogP) is 2.92. The van der Waals surface area contributed by atoms with Crippen molar-refractivity contribution in [2.24, 2.45) is 5.92 Å². The molecule has 1 aliphatic carbocycles. The second-order valence-corrected chi connectivity index (χ2v) is 4.71. The van der Waals surface area contributed by atoms with Crippen molar-refractivity contribution >= 4 is 21.7 Å². The molecule has 1 aromatic carbocycles. The molecule has 1 N–H and O–H groups in total. The van der Waals surface area contributed by atoms with Crippen molar-refractivity contribution in [3.05, 3.63) is 27.7 Å². The molecule has 1 atom stereocenters. The number of rotatable bonds is 0. The Kier molecular flexibility index (Phi) is 2.35. The van der Waals surface area contributed by atoms with Crippen molar-refractivity contribution in [1.29, 1.82) is 0 Å². The summed E-state index contributed by atoms with van der Waals surface area (Å²) < 4.78 is 0.921. The fourth-order valence-corrected chi connectivity index (χ4v) is 2.45. The number of carbonyl (C=O) groups excluding carboxylic acids is 1. The Morgan fingerprint density at radius 2 is 2.14 bits per heavy atom. The van der Waals surface area contributed by atoms with Crippen molar-refractivity contribution in [2.75, 3.05) is 0 Å². The Morgan fingerprint density at radius 1 is 1.43 bits per heavy atom. The minimum Gasteiger partial charge on any atom is -0.507 e. The van der Waals surface area contributed by atoms with Gasteiger partial charge in [-0.2, -0.15) is 0 Å². The molecule has 0 saturated heterocycles. The van der Waals surface area contributed by atoms with Crippen molar-refractivity contribution in [3.63, 3.8) is 0 Å². The Morgan fingerprint density at radius 3 is 2.86 bits per heavy atom. The highest BCUT2D eigenvalue weighted by Gasteiger charge is 2.26. The van der Waals surface area contributed by atoms with Crippen LogP contribution in [0.3, 0.4) is 0 Å². The fraction of sp³-hybridized carbons (Fsp3) is 0.364. The number of benzene rings is 1. The summed E-state index contributed by atoms with van der Waals surface area (Å²) in [6, 6.07) is 3.36. The zero-order valence-electron chi connectivity index (χ0n) is 7.88. The van der Waals surface area contributed by atoms with Gasteiger partial charge in [0.05, 0.1) is 5.56 Å². The van der Waals surface area contributed by atoms with E-state index in [4.69, 9.17) is 0 Å².